The zero-order chi connectivity index (χ0) is 14.7. The maximum absolute atomic E-state index is 9.84. The summed E-state index contributed by atoms with van der Waals surface area (Å²) in [6, 6.07) is 5.80. The molecule has 0 spiro atoms. The molecule has 0 fully saturated rings. The largest absolute Gasteiger partial charge is 0.496 e. The number of aliphatic hydroxyl groups excluding tert-OH is 1. The summed E-state index contributed by atoms with van der Waals surface area (Å²) in [5.74, 6) is 1.78. The van der Waals surface area contributed by atoms with Gasteiger partial charge in [0.05, 0.1) is 25.2 Å². The number of hydrogen-bond donors (Lipinski definition) is 1. The third-order valence-corrected chi connectivity index (χ3v) is 3.22. The average Bonchev–Trinajstić information content (AvgIpc) is 2.86. The Bertz CT molecular complexity index is 578. The Morgan fingerprint density at radius 1 is 1.35 bits per heavy atom. The minimum atomic E-state index is -0.483. The van der Waals surface area contributed by atoms with Crippen molar-refractivity contribution in [2.24, 2.45) is 5.92 Å². The Labute approximate surface area is 118 Å². The number of ether oxygens (including phenoxy) is 1. The summed E-state index contributed by atoms with van der Waals surface area (Å²) in [5, 5.41) is 13.8. The van der Waals surface area contributed by atoms with Gasteiger partial charge < -0.3 is 14.4 Å². The summed E-state index contributed by atoms with van der Waals surface area (Å²) in [7, 11) is 1.61. The number of benzene rings is 1. The van der Waals surface area contributed by atoms with Crippen molar-refractivity contribution in [1.82, 2.24) is 10.1 Å². The Morgan fingerprint density at radius 3 is 2.75 bits per heavy atom. The standard InChI is InChI=1S/C15H20N2O3/c1-9(2)12(18)8-14-16-15(17-20-14)11-6-5-10(3)7-13(11)19-4/h5-7,9,12,18H,8H2,1-4H3. The molecular weight excluding hydrogens is 256 g/mol. The molecule has 1 heterocycles. The van der Waals surface area contributed by atoms with E-state index in [9.17, 15) is 5.11 Å². The van der Waals surface area contributed by atoms with Crippen LogP contribution in [0.4, 0.5) is 0 Å². The van der Waals surface area contributed by atoms with Crippen molar-refractivity contribution in [2.45, 2.75) is 33.3 Å². The molecule has 0 saturated heterocycles. The number of hydrogen-bond acceptors (Lipinski definition) is 5. The van der Waals surface area contributed by atoms with Gasteiger partial charge in [-0.25, -0.2) is 0 Å². The van der Waals surface area contributed by atoms with Crippen LogP contribution in [0.25, 0.3) is 11.4 Å². The first-order valence-corrected chi connectivity index (χ1v) is 6.67. The predicted octanol–water partition coefficient (Wildman–Crippen LogP) is 2.61. The molecule has 1 aromatic carbocycles. The molecule has 5 heteroatoms. The lowest BCUT2D eigenvalue weighted by atomic mass is 10.0. The first-order valence-electron chi connectivity index (χ1n) is 6.67. The SMILES string of the molecule is COc1cc(C)ccc1-c1noc(CC(O)C(C)C)n1. The van der Waals surface area contributed by atoms with Crippen LogP contribution in [0.2, 0.25) is 0 Å². The molecule has 0 aliphatic heterocycles. The average molecular weight is 276 g/mol. The van der Waals surface area contributed by atoms with Crippen LogP contribution in [0.3, 0.4) is 0 Å². The van der Waals surface area contributed by atoms with E-state index < -0.39 is 6.10 Å². The van der Waals surface area contributed by atoms with Crippen LogP contribution in [0.5, 0.6) is 5.75 Å². The molecule has 0 saturated carbocycles. The fourth-order valence-corrected chi connectivity index (χ4v) is 1.84. The fraction of sp³-hybridized carbons (Fsp3) is 0.467. The van der Waals surface area contributed by atoms with E-state index in [0.29, 0.717) is 23.9 Å². The number of aliphatic hydroxyl groups is 1. The van der Waals surface area contributed by atoms with Crippen molar-refractivity contribution in [3.8, 4) is 17.1 Å². The molecule has 0 bridgehead atoms. The summed E-state index contributed by atoms with van der Waals surface area (Å²) < 4.78 is 10.5. The van der Waals surface area contributed by atoms with Gasteiger partial charge in [0.2, 0.25) is 11.7 Å². The Balaban J connectivity index is 2.24. The van der Waals surface area contributed by atoms with Crippen LogP contribution in [0.1, 0.15) is 25.3 Å². The van der Waals surface area contributed by atoms with Crippen LogP contribution >= 0.6 is 0 Å². The van der Waals surface area contributed by atoms with Gasteiger partial charge in [0, 0.05) is 0 Å². The van der Waals surface area contributed by atoms with Crippen LogP contribution < -0.4 is 4.74 Å². The van der Waals surface area contributed by atoms with E-state index in [1.165, 1.54) is 0 Å². The minimum Gasteiger partial charge on any atom is -0.496 e. The first kappa shape index (κ1) is 14.5. The maximum Gasteiger partial charge on any atom is 0.229 e. The third kappa shape index (κ3) is 3.17. The summed E-state index contributed by atoms with van der Waals surface area (Å²) >= 11 is 0. The van der Waals surface area contributed by atoms with E-state index >= 15 is 0 Å². The molecule has 2 rings (SSSR count). The molecule has 0 radical (unpaired) electrons. The Hall–Kier alpha value is -1.88. The molecule has 0 aliphatic rings. The van der Waals surface area contributed by atoms with Gasteiger partial charge in [-0.05, 0) is 30.5 Å². The van der Waals surface area contributed by atoms with E-state index in [0.717, 1.165) is 11.1 Å². The van der Waals surface area contributed by atoms with Crippen LogP contribution in [-0.4, -0.2) is 28.5 Å². The lowest BCUT2D eigenvalue weighted by Gasteiger charge is -2.10. The number of methoxy groups -OCH3 is 1. The molecule has 2 aromatic rings. The molecule has 20 heavy (non-hydrogen) atoms. The molecule has 1 atom stereocenters. The van der Waals surface area contributed by atoms with Gasteiger partial charge >= 0.3 is 0 Å². The summed E-state index contributed by atoms with van der Waals surface area (Å²) in [6.45, 7) is 5.89. The van der Waals surface area contributed by atoms with Gasteiger partial charge in [-0.15, -0.1) is 0 Å². The number of aryl methyl sites for hydroxylation is 1. The van der Waals surface area contributed by atoms with E-state index in [1.54, 1.807) is 7.11 Å². The summed E-state index contributed by atoms with van der Waals surface area (Å²) in [4.78, 5) is 4.32. The van der Waals surface area contributed by atoms with Crippen molar-refractivity contribution in [1.29, 1.82) is 0 Å². The maximum atomic E-state index is 9.84. The van der Waals surface area contributed by atoms with Crippen molar-refractivity contribution < 1.29 is 14.4 Å². The highest BCUT2D eigenvalue weighted by molar-refractivity contribution is 5.64. The lowest BCUT2D eigenvalue weighted by molar-refractivity contribution is 0.116. The quantitative estimate of drug-likeness (QED) is 0.909. The number of rotatable bonds is 5. The molecule has 0 amide bonds. The van der Waals surface area contributed by atoms with Crippen molar-refractivity contribution >= 4 is 0 Å². The second-order valence-electron chi connectivity index (χ2n) is 5.23. The Kier molecular flexibility index (Phi) is 4.39. The number of aromatic nitrogens is 2. The highest BCUT2D eigenvalue weighted by atomic mass is 16.5. The lowest BCUT2D eigenvalue weighted by Crippen LogP contribution is -2.17. The highest BCUT2D eigenvalue weighted by Gasteiger charge is 2.17. The van der Waals surface area contributed by atoms with E-state index in [2.05, 4.69) is 10.1 Å². The molecule has 108 valence electrons. The van der Waals surface area contributed by atoms with Crippen molar-refractivity contribution in [2.75, 3.05) is 7.11 Å². The van der Waals surface area contributed by atoms with Crippen LogP contribution in [-0.2, 0) is 6.42 Å². The highest BCUT2D eigenvalue weighted by Crippen LogP contribution is 2.28. The van der Waals surface area contributed by atoms with Crippen LogP contribution in [0, 0.1) is 12.8 Å². The minimum absolute atomic E-state index is 0.152. The predicted molar refractivity (Wildman–Crippen MR) is 75.6 cm³/mol. The van der Waals surface area contributed by atoms with E-state index in [1.807, 2.05) is 39.0 Å². The Morgan fingerprint density at radius 2 is 2.10 bits per heavy atom. The second kappa shape index (κ2) is 6.05. The molecule has 1 N–H and O–H groups in total. The third-order valence-electron chi connectivity index (χ3n) is 3.22. The molecule has 5 nitrogen and oxygen atoms in total. The molecule has 1 unspecified atom stereocenters. The van der Waals surface area contributed by atoms with Crippen LogP contribution in [0.15, 0.2) is 22.7 Å². The van der Waals surface area contributed by atoms with Gasteiger partial charge in [0.25, 0.3) is 0 Å². The fourth-order valence-electron chi connectivity index (χ4n) is 1.84. The van der Waals surface area contributed by atoms with Gasteiger partial charge in [-0.1, -0.05) is 25.1 Å². The zero-order valence-electron chi connectivity index (χ0n) is 12.3. The zero-order valence-corrected chi connectivity index (χ0v) is 12.3. The smallest absolute Gasteiger partial charge is 0.229 e. The summed E-state index contributed by atoms with van der Waals surface area (Å²) in [5.41, 5.74) is 1.89. The van der Waals surface area contributed by atoms with Crippen molar-refractivity contribution in [3.05, 3.63) is 29.7 Å². The first-order chi connectivity index (χ1) is 9.51. The van der Waals surface area contributed by atoms with Gasteiger partial charge in [0.1, 0.15) is 5.75 Å². The van der Waals surface area contributed by atoms with Gasteiger partial charge in [0.15, 0.2) is 0 Å². The van der Waals surface area contributed by atoms with Gasteiger partial charge in [-0.3, -0.25) is 0 Å². The second-order valence-corrected chi connectivity index (χ2v) is 5.23. The molecular formula is C15H20N2O3. The van der Waals surface area contributed by atoms with E-state index in [4.69, 9.17) is 9.26 Å². The topological polar surface area (TPSA) is 68.4 Å². The van der Waals surface area contributed by atoms with Gasteiger partial charge in [-0.2, -0.15) is 4.98 Å². The summed E-state index contributed by atoms with van der Waals surface area (Å²) in [6.07, 6.45) is -0.123. The normalized spacial score (nSPS) is 12.7. The monoisotopic (exact) mass is 276 g/mol. The number of nitrogens with zero attached hydrogens (tertiary/aromatic N) is 2. The molecule has 1 aromatic heterocycles. The van der Waals surface area contributed by atoms with E-state index in [-0.39, 0.29) is 5.92 Å². The van der Waals surface area contributed by atoms with Crippen molar-refractivity contribution in [3.63, 3.8) is 0 Å². The molecule has 0 aliphatic carbocycles.